The number of benzene rings is 2. The van der Waals surface area contributed by atoms with Gasteiger partial charge in [-0.1, -0.05) is 24.8 Å². The van der Waals surface area contributed by atoms with Crippen molar-refractivity contribution in [1.29, 1.82) is 0 Å². The first-order chi connectivity index (χ1) is 17.0. The van der Waals surface area contributed by atoms with Crippen LogP contribution in [0, 0.1) is 11.8 Å². The summed E-state index contributed by atoms with van der Waals surface area (Å²) in [6, 6.07) is 9.69. The Kier molecular flexibility index (Phi) is 5.51. The molecule has 1 atom stereocenters. The van der Waals surface area contributed by atoms with Gasteiger partial charge in [0.1, 0.15) is 17.5 Å². The Bertz CT molecular complexity index is 1420. The number of esters is 1. The normalized spacial score (nSPS) is 22.4. The Morgan fingerprint density at radius 2 is 1.91 bits per heavy atom. The Morgan fingerprint density at radius 3 is 2.69 bits per heavy atom. The number of H-pyrrole nitrogens is 1. The van der Waals surface area contributed by atoms with Gasteiger partial charge in [0.2, 0.25) is 5.91 Å². The van der Waals surface area contributed by atoms with E-state index < -0.39 is 12.2 Å². The molecule has 1 aliphatic heterocycles. The maximum atomic E-state index is 13.6. The van der Waals surface area contributed by atoms with Gasteiger partial charge in [-0.05, 0) is 68.4 Å². The van der Waals surface area contributed by atoms with Gasteiger partial charge in [-0.3, -0.25) is 14.8 Å². The molecule has 0 bridgehead atoms. The van der Waals surface area contributed by atoms with Crippen LogP contribution in [0.25, 0.3) is 21.9 Å². The molecule has 0 saturated heterocycles. The highest BCUT2D eigenvalue weighted by molar-refractivity contribution is 7.98. The summed E-state index contributed by atoms with van der Waals surface area (Å²) in [5.41, 5.74) is 3.42. The molecular weight excluding hydrogens is 464 g/mol. The maximum Gasteiger partial charge on any atom is 0.342 e. The van der Waals surface area contributed by atoms with Gasteiger partial charge in [0.15, 0.2) is 11.4 Å². The van der Waals surface area contributed by atoms with E-state index in [4.69, 9.17) is 9.15 Å². The molecule has 9 heteroatoms. The third-order valence-electron chi connectivity index (χ3n) is 7.14. The molecule has 180 valence electrons. The van der Waals surface area contributed by atoms with Crippen LogP contribution in [0.4, 0.5) is 5.69 Å². The minimum atomic E-state index is -0.647. The first-order valence-corrected chi connectivity index (χ1v) is 13.0. The topological polar surface area (TPSA) is 101 Å². The Hall–Kier alpha value is -3.33. The number of aromatic amines is 1. The summed E-state index contributed by atoms with van der Waals surface area (Å²) in [5.74, 6) is 0.928. The number of amides is 1. The van der Waals surface area contributed by atoms with Crippen LogP contribution in [0.2, 0.25) is 0 Å². The number of nitrogens with one attached hydrogen (secondary N) is 1. The Labute approximate surface area is 206 Å². The van der Waals surface area contributed by atoms with E-state index in [2.05, 4.69) is 28.2 Å². The average Bonchev–Trinajstić information content (AvgIpc) is 3.49. The smallest absolute Gasteiger partial charge is 0.342 e. The molecule has 2 aliphatic rings. The second-order valence-corrected chi connectivity index (χ2v) is 10.5. The van der Waals surface area contributed by atoms with Gasteiger partial charge in [0.05, 0.1) is 11.3 Å². The number of cyclic esters (lactones) is 1. The molecule has 1 aliphatic carbocycles. The van der Waals surface area contributed by atoms with Crippen molar-refractivity contribution < 1.29 is 18.7 Å². The van der Waals surface area contributed by atoms with Crippen LogP contribution in [-0.2, 0) is 15.3 Å². The largest absolute Gasteiger partial charge is 0.456 e. The number of fused-ring (bicyclic) bond motifs is 4. The van der Waals surface area contributed by atoms with Gasteiger partial charge >= 0.3 is 5.97 Å². The van der Waals surface area contributed by atoms with Crippen molar-refractivity contribution in [2.24, 2.45) is 11.8 Å². The molecule has 4 aromatic rings. The van der Waals surface area contributed by atoms with Crippen molar-refractivity contribution in [2.75, 3.05) is 4.90 Å². The van der Waals surface area contributed by atoms with Crippen molar-refractivity contribution in [3.8, 4) is 0 Å². The molecule has 1 unspecified atom stereocenters. The molecule has 8 nitrogen and oxygen atoms in total. The van der Waals surface area contributed by atoms with Crippen molar-refractivity contribution in [2.45, 2.75) is 56.7 Å². The zero-order valence-electron chi connectivity index (χ0n) is 19.6. The molecular formula is C26H26N4O4S. The maximum absolute atomic E-state index is 13.6. The summed E-state index contributed by atoms with van der Waals surface area (Å²) in [4.78, 5) is 32.2. The van der Waals surface area contributed by atoms with Crippen LogP contribution in [0.1, 0.15) is 55.5 Å². The van der Waals surface area contributed by atoms with Crippen LogP contribution in [0.15, 0.2) is 46.2 Å². The van der Waals surface area contributed by atoms with Crippen LogP contribution >= 0.6 is 11.8 Å². The van der Waals surface area contributed by atoms with Crippen LogP contribution in [0.3, 0.4) is 0 Å². The van der Waals surface area contributed by atoms with E-state index in [-0.39, 0.29) is 11.8 Å². The molecule has 6 rings (SSSR count). The van der Waals surface area contributed by atoms with E-state index in [0.29, 0.717) is 22.8 Å². The van der Waals surface area contributed by atoms with E-state index in [1.165, 1.54) is 6.33 Å². The van der Waals surface area contributed by atoms with Crippen molar-refractivity contribution in [3.05, 3.63) is 47.8 Å². The fourth-order valence-electron chi connectivity index (χ4n) is 5.20. The number of aromatic nitrogens is 3. The lowest BCUT2D eigenvalue weighted by Crippen LogP contribution is -2.48. The number of carbonyl (C=O) groups excluding carboxylic acids is 2. The Balaban J connectivity index is 1.39. The number of hydrogen-bond acceptors (Lipinski definition) is 7. The lowest BCUT2D eigenvalue weighted by Gasteiger charge is -2.37. The highest BCUT2D eigenvalue weighted by Crippen LogP contribution is 2.40. The van der Waals surface area contributed by atoms with Crippen LogP contribution in [0.5, 0.6) is 0 Å². The van der Waals surface area contributed by atoms with Gasteiger partial charge in [-0.15, -0.1) is 0 Å². The second-order valence-electron chi connectivity index (χ2n) is 9.55. The number of nitrogens with zero attached hydrogens (tertiary/aromatic N) is 3. The highest BCUT2D eigenvalue weighted by Gasteiger charge is 2.38. The Morgan fingerprint density at radius 1 is 1.11 bits per heavy atom. The zero-order chi connectivity index (χ0) is 24.1. The second kappa shape index (κ2) is 8.71. The molecule has 2 aromatic heterocycles. The molecule has 2 aromatic carbocycles. The lowest BCUT2D eigenvalue weighted by molar-refractivity contribution is -0.125. The van der Waals surface area contributed by atoms with Gasteiger partial charge in [-0.25, -0.2) is 9.78 Å². The number of rotatable bonds is 4. The minimum Gasteiger partial charge on any atom is -0.456 e. The SMILES string of the molecule is CC1CCC(C(=O)N2c3cc4c(cc3C(=O)OC2C)oc2ccc(CSc3ncn[nH]3)cc24)CC1. The van der Waals surface area contributed by atoms with Crippen molar-refractivity contribution in [3.63, 3.8) is 0 Å². The highest BCUT2D eigenvalue weighted by atomic mass is 32.2. The standard InChI is InChI=1S/C26H26N4O4S/c1-14-3-6-17(7-4-14)24(31)30-15(2)33-25(32)20-11-23-19(10-21(20)30)18-9-16(5-8-22(18)34-23)12-35-26-27-13-28-29-26/h5,8-11,13-15,17H,3-4,6-7,12H2,1-2H3,(H,27,28,29). The summed E-state index contributed by atoms with van der Waals surface area (Å²) in [7, 11) is 0. The summed E-state index contributed by atoms with van der Waals surface area (Å²) >= 11 is 1.57. The van der Waals surface area contributed by atoms with E-state index in [0.717, 1.165) is 58.5 Å². The minimum absolute atomic E-state index is 0.0365. The molecule has 1 saturated carbocycles. The third-order valence-corrected chi connectivity index (χ3v) is 8.09. The zero-order valence-corrected chi connectivity index (χ0v) is 20.4. The van der Waals surface area contributed by atoms with Crippen molar-refractivity contribution in [1.82, 2.24) is 15.2 Å². The molecule has 0 spiro atoms. The molecule has 35 heavy (non-hydrogen) atoms. The summed E-state index contributed by atoms with van der Waals surface area (Å²) in [5, 5.41) is 9.33. The van der Waals surface area contributed by atoms with E-state index in [1.807, 2.05) is 18.2 Å². The fourth-order valence-corrected chi connectivity index (χ4v) is 5.92. The van der Waals surface area contributed by atoms with E-state index in [9.17, 15) is 9.59 Å². The molecule has 0 radical (unpaired) electrons. The molecule has 1 amide bonds. The summed E-state index contributed by atoms with van der Waals surface area (Å²) < 4.78 is 11.7. The predicted molar refractivity (Wildman–Crippen MR) is 133 cm³/mol. The van der Waals surface area contributed by atoms with Crippen molar-refractivity contribution >= 4 is 51.3 Å². The van der Waals surface area contributed by atoms with Crippen LogP contribution < -0.4 is 4.90 Å². The number of hydrogen-bond donors (Lipinski definition) is 1. The number of carbonyl (C=O) groups is 2. The number of furan rings is 1. The van der Waals surface area contributed by atoms with Gasteiger partial charge in [0.25, 0.3) is 0 Å². The molecule has 1 fully saturated rings. The lowest BCUT2D eigenvalue weighted by atomic mass is 9.82. The summed E-state index contributed by atoms with van der Waals surface area (Å²) in [6.07, 6.45) is 4.68. The fraction of sp³-hybridized carbons (Fsp3) is 0.385. The van der Waals surface area contributed by atoms with E-state index >= 15 is 0 Å². The quantitative estimate of drug-likeness (QED) is 0.290. The van der Waals surface area contributed by atoms with Crippen LogP contribution in [-0.4, -0.2) is 33.3 Å². The number of anilines is 1. The molecule has 3 heterocycles. The monoisotopic (exact) mass is 490 g/mol. The van der Waals surface area contributed by atoms with Gasteiger partial charge in [-0.2, -0.15) is 5.10 Å². The van der Waals surface area contributed by atoms with Gasteiger partial charge in [0, 0.05) is 22.4 Å². The van der Waals surface area contributed by atoms with E-state index in [1.54, 1.807) is 29.7 Å². The average molecular weight is 491 g/mol. The number of ether oxygens (including phenoxy) is 1. The first kappa shape index (κ1) is 22.2. The predicted octanol–water partition coefficient (Wildman–Crippen LogP) is 5.67. The summed E-state index contributed by atoms with van der Waals surface area (Å²) in [6.45, 7) is 4.00. The molecule has 1 N–H and O–H groups in total. The van der Waals surface area contributed by atoms with Gasteiger partial charge < -0.3 is 9.15 Å². The number of thioether (sulfide) groups is 1. The first-order valence-electron chi connectivity index (χ1n) is 12.0. The third kappa shape index (κ3) is 3.97.